The standard InChI is InChI=1S/C7H9.2ClH.Zr/c1-2-7-5-3-4-6-7;;;/h5-6H,2-3H2,1H3;2*1H;/q;;;+2/p-2. The van der Waals surface area contributed by atoms with Gasteiger partial charge in [0.25, 0.3) is 0 Å². The second-order valence-electron chi connectivity index (χ2n) is 2.01. The van der Waals surface area contributed by atoms with Gasteiger partial charge in [0, 0.05) is 0 Å². The van der Waals surface area contributed by atoms with Crippen LogP contribution in [-0.4, -0.2) is 0 Å². The summed E-state index contributed by atoms with van der Waals surface area (Å²) in [5.74, 6) is 0. The van der Waals surface area contributed by atoms with E-state index >= 15 is 0 Å². The SMILES string of the molecule is CCC1=CC[C]([Zr+2])=C1.[Cl-].[Cl-]. The smallest absolute Gasteiger partial charge is 1.00 e. The van der Waals surface area contributed by atoms with Crippen LogP contribution in [0, 0.1) is 0 Å². The van der Waals surface area contributed by atoms with Gasteiger partial charge in [-0.25, -0.2) is 0 Å². The Morgan fingerprint density at radius 3 is 2.30 bits per heavy atom. The molecule has 0 unspecified atom stereocenters. The van der Waals surface area contributed by atoms with Gasteiger partial charge in [0.2, 0.25) is 0 Å². The fraction of sp³-hybridized carbons (Fsp3) is 0.429. The normalized spacial score (nSPS) is 14.7. The first-order valence-electron chi connectivity index (χ1n) is 2.94. The largest absolute Gasteiger partial charge is 1.00 e. The minimum atomic E-state index is 0. The van der Waals surface area contributed by atoms with Crippen LogP contribution in [0.2, 0.25) is 0 Å². The van der Waals surface area contributed by atoms with Gasteiger partial charge in [0.15, 0.2) is 0 Å². The van der Waals surface area contributed by atoms with E-state index in [1.54, 1.807) is 28.0 Å². The Morgan fingerprint density at radius 2 is 2.10 bits per heavy atom. The average Bonchev–Trinajstić information content (AvgIpc) is 2.14. The predicted octanol–water partition coefficient (Wildman–Crippen LogP) is -3.83. The minimum Gasteiger partial charge on any atom is -1.00 e. The van der Waals surface area contributed by atoms with E-state index in [0.717, 1.165) is 0 Å². The summed E-state index contributed by atoms with van der Waals surface area (Å²) in [6.45, 7) is 2.21. The maximum atomic E-state index is 2.32. The number of hydrogen-bond acceptors (Lipinski definition) is 0. The van der Waals surface area contributed by atoms with E-state index in [0.29, 0.717) is 0 Å². The zero-order valence-electron chi connectivity index (χ0n) is 5.82. The molecule has 55 valence electrons. The van der Waals surface area contributed by atoms with Crippen LogP contribution >= 0.6 is 0 Å². The minimum absolute atomic E-state index is 0. The molecule has 0 nitrogen and oxygen atoms in total. The molecule has 0 saturated heterocycles. The van der Waals surface area contributed by atoms with E-state index in [1.807, 2.05) is 0 Å². The molecular formula is C7H9Cl2Zr. The average molecular weight is 255 g/mol. The molecule has 0 bridgehead atoms. The van der Waals surface area contributed by atoms with Crippen LogP contribution in [0.1, 0.15) is 19.8 Å². The third-order valence-corrected chi connectivity index (χ3v) is 2.21. The van der Waals surface area contributed by atoms with Gasteiger partial charge < -0.3 is 24.8 Å². The van der Waals surface area contributed by atoms with Crippen LogP contribution in [0.5, 0.6) is 0 Å². The first-order chi connectivity index (χ1) is 3.83. The molecular weight excluding hydrogens is 246 g/mol. The van der Waals surface area contributed by atoms with Crippen LogP contribution in [0.25, 0.3) is 0 Å². The molecule has 3 heteroatoms. The van der Waals surface area contributed by atoms with Crippen molar-refractivity contribution >= 4 is 0 Å². The molecule has 0 fully saturated rings. The second kappa shape index (κ2) is 6.64. The molecule has 0 aliphatic heterocycles. The summed E-state index contributed by atoms with van der Waals surface area (Å²) < 4.78 is 1.59. The van der Waals surface area contributed by atoms with Gasteiger partial charge in [0.1, 0.15) is 0 Å². The number of halogens is 2. The number of allylic oxidation sites excluding steroid dienone is 4. The summed E-state index contributed by atoms with van der Waals surface area (Å²) in [7, 11) is 0. The third-order valence-electron chi connectivity index (χ3n) is 1.35. The summed E-state index contributed by atoms with van der Waals surface area (Å²) in [6, 6.07) is 0. The van der Waals surface area contributed by atoms with Crippen molar-refractivity contribution in [2.45, 2.75) is 19.8 Å². The van der Waals surface area contributed by atoms with Gasteiger partial charge in [-0.3, -0.25) is 0 Å². The molecule has 0 spiro atoms. The van der Waals surface area contributed by atoms with Gasteiger partial charge in [-0.1, -0.05) is 0 Å². The summed E-state index contributed by atoms with van der Waals surface area (Å²) in [5, 5.41) is 0. The molecule has 0 aromatic heterocycles. The van der Waals surface area contributed by atoms with E-state index in [1.165, 1.54) is 18.4 Å². The Bertz CT molecular complexity index is 150. The molecule has 1 aliphatic rings. The van der Waals surface area contributed by atoms with Crippen molar-refractivity contribution in [3.63, 3.8) is 0 Å². The van der Waals surface area contributed by atoms with Gasteiger partial charge in [-0.05, 0) is 0 Å². The first kappa shape index (κ1) is 13.5. The van der Waals surface area contributed by atoms with Gasteiger partial charge in [-0.2, -0.15) is 0 Å². The quantitative estimate of drug-likeness (QED) is 0.450. The molecule has 1 aliphatic carbocycles. The van der Waals surface area contributed by atoms with E-state index < -0.39 is 0 Å². The van der Waals surface area contributed by atoms with Gasteiger partial charge in [0.05, 0.1) is 0 Å². The number of rotatable bonds is 1. The zero-order valence-corrected chi connectivity index (χ0v) is 9.79. The maximum Gasteiger partial charge on any atom is -1.00 e. The molecule has 0 amide bonds. The van der Waals surface area contributed by atoms with Gasteiger partial charge >= 0.3 is 65.5 Å². The summed E-state index contributed by atoms with van der Waals surface area (Å²) >= 11 is 1.58. The summed E-state index contributed by atoms with van der Waals surface area (Å²) in [5.41, 5.74) is 1.52. The third kappa shape index (κ3) is 3.96. The topological polar surface area (TPSA) is 0 Å². The van der Waals surface area contributed by atoms with Crippen LogP contribution in [-0.2, 0) is 24.7 Å². The van der Waals surface area contributed by atoms with Crippen molar-refractivity contribution in [3.05, 3.63) is 21.0 Å². The van der Waals surface area contributed by atoms with Crippen molar-refractivity contribution < 1.29 is 49.5 Å². The summed E-state index contributed by atoms with van der Waals surface area (Å²) in [6.07, 6.45) is 7.07. The molecule has 0 heterocycles. The van der Waals surface area contributed by atoms with E-state index in [9.17, 15) is 0 Å². The first-order valence-corrected chi connectivity index (χ1v) is 4.17. The van der Waals surface area contributed by atoms with E-state index in [4.69, 9.17) is 0 Å². The molecule has 0 aromatic carbocycles. The Balaban J connectivity index is 0. The van der Waals surface area contributed by atoms with Crippen molar-refractivity contribution in [1.29, 1.82) is 0 Å². The van der Waals surface area contributed by atoms with Crippen LogP contribution in [0.4, 0.5) is 0 Å². The van der Waals surface area contributed by atoms with Crippen LogP contribution < -0.4 is 24.8 Å². The van der Waals surface area contributed by atoms with E-state index in [2.05, 4.69) is 19.1 Å². The van der Waals surface area contributed by atoms with Crippen molar-refractivity contribution in [2.75, 3.05) is 0 Å². The molecule has 0 atom stereocenters. The molecule has 1 rings (SSSR count). The van der Waals surface area contributed by atoms with Crippen molar-refractivity contribution in [1.82, 2.24) is 0 Å². The van der Waals surface area contributed by atoms with Crippen LogP contribution in [0.15, 0.2) is 21.0 Å². The molecule has 0 aromatic rings. The van der Waals surface area contributed by atoms with Crippen LogP contribution in [0.3, 0.4) is 0 Å². The van der Waals surface area contributed by atoms with Gasteiger partial charge in [-0.15, -0.1) is 0 Å². The molecule has 10 heavy (non-hydrogen) atoms. The molecule has 0 N–H and O–H groups in total. The second-order valence-corrected chi connectivity index (χ2v) is 3.58. The maximum absolute atomic E-state index is 2.32. The zero-order chi connectivity index (χ0) is 5.98. The fourth-order valence-corrected chi connectivity index (χ4v) is 1.54. The van der Waals surface area contributed by atoms with Crippen molar-refractivity contribution in [2.24, 2.45) is 0 Å². The van der Waals surface area contributed by atoms with Crippen molar-refractivity contribution in [3.8, 4) is 0 Å². The molecule has 0 radical (unpaired) electrons. The molecule has 0 saturated carbocycles. The Kier molecular flexibility index (Phi) is 8.98. The Hall–Kier alpha value is 0.943. The Morgan fingerprint density at radius 1 is 1.50 bits per heavy atom. The monoisotopic (exact) mass is 253 g/mol. The Labute approximate surface area is 89.8 Å². The summed E-state index contributed by atoms with van der Waals surface area (Å²) in [4.78, 5) is 0. The fourth-order valence-electron chi connectivity index (χ4n) is 0.829. The number of hydrogen-bond donors (Lipinski definition) is 0. The van der Waals surface area contributed by atoms with E-state index in [-0.39, 0.29) is 24.8 Å². The predicted molar refractivity (Wildman–Crippen MR) is 31.1 cm³/mol.